The van der Waals surface area contributed by atoms with Crippen molar-refractivity contribution in [1.29, 1.82) is 0 Å². The monoisotopic (exact) mass is 321 g/mol. The highest BCUT2D eigenvalue weighted by atomic mass is 35.5. The van der Waals surface area contributed by atoms with Gasteiger partial charge in [0, 0.05) is 11.4 Å². The number of aromatic amines is 1. The van der Waals surface area contributed by atoms with E-state index in [0.29, 0.717) is 16.7 Å². The lowest BCUT2D eigenvalue weighted by atomic mass is 10.2. The zero-order valence-corrected chi connectivity index (χ0v) is 12.4. The number of thiophene rings is 1. The van der Waals surface area contributed by atoms with Gasteiger partial charge in [-0.25, -0.2) is 4.79 Å². The van der Waals surface area contributed by atoms with Gasteiger partial charge in [0.1, 0.15) is 6.04 Å². The number of aromatic nitrogens is 2. The molecule has 1 atom stereocenters. The predicted molar refractivity (Wildman–Crippen MR) is 81.6 cm³/mol. The highest BCUT2D eigenvalue weighted by Crippen LogP contribution is 2.29. The number of nitrogens with zero attached hydrogens (tertiary/aromatic N) is 1. The molecule has 2 heterocycles. The van der Waals surface area contributed by atoms with E-state index in [4.69, 9.17) is 11.6 Å². The van der Waals surface area contributed by atoms with Gasteiger partial charge in [-0.2, -0.15) is 0 Å². The third-order valence-electron chi connectivity index (χ3n) is 2.96. The van der Waals surface area contributed by atoms with E-state index in [-0.39, 0.29) is 6.04 Å². The van der Waals surface area contributed by atoms with Crippen LogP contribution in [0.2, 0.25) is 4.34 Å². The van der Waals surface area contributed by atoms with E-state index in [2.05, 4.69) is 20.0 Å². The fraction of sp³-hybridized carbons (Fsp3) is 0.143. The van der Waals surface area contributed by atoms with Crippen LogP contribution in [0.1, 0.15) is 22.3 Å². The molecule has 0 fully saturated rings. The van der Waals surface area contributed by atoms with Gasteiger partial charge in [0.25, 0.3) is 0 Å². The highest BCUT2D eigenvalue weighted by molar-refractivity contribution is 7.16. The van der Waals surface area contributed by atoms with Crippen LogP contribution in [-0.4, -0.2) is 10.1 Å². The predicted octanol–water partition coefficient (Wildman–Crippen LogP) is 2.96. The quantitative estimate of drug-likeness (QED) is 0.758. The maximum Gasteiger partial charge on any atom is 0.438 e. The average Bonchev–Trinajstić information content (AvgIpc) is 3.10. The van der Waals surface area contributed by atoms with E-state index in [1.54, 1.807) is 0 Å². The number of halogens is 1. The van der Waals surface area contributed by atoms with Gasteiger partial charge < -0.3 is 0 Å². The number of hydrogen-bond acceptors (Lipinski definition) is 5. The first kappa shape index (κ1) is 14.1. The summed E-state index contributed by atoms with van der Waals surface area (Å²) in [7, 11) is 0. The van der Waals surface area contributed by atoms with Crippen LogP contribution in [-0.2, 0) is 6.54 Å². The largest absolute Gasteiger partial charge is 0.438 e. The van der Waals surface area contributed by atoms with Gasteiger partial charge in [-0.3, -0.25) is 14.8 Å². The van der Waals surface area contributed by atoms with Gasteiger partial charge in [0.2, 0.25) is 0 Å². The van der Waals surface area contributed by atoms with E-state index >= 15 is 0 Å². The molecule has 2 N–H and O–H groups in total. The molecule has 0 saturated carbocycles. The van der Waals surface area contributed by atoms with Gasteiger partial charge in [0.15, 0.2) is 5.82 Å². The van der Waals surface area contributed by atoms with E-state index in [1.165, 1.54) is 11.3 Å². The molecule has 0 bridgehead atoms. The SMILES string of the molecule is O=c1[nH]c(C(NCc2ccccc2)c2ccc(Cl)s2)no1. The summed E-state index contributed by atoms with van der Waals surface area (Å²) in [4.78, 5) is 14.7. The van der Waals surface area contributed by atoms with Crippen molar-refractivity contribution in [3.8, 4) is 0 Å². The van der Waals surface area contributed by atoms with Crippen LogP contribution in [0, 0.1) is 0 Å². The third-order valence-corrected chi connectivity index (χ3v) is 4.26. The van der Waals surface area contributed by atoms with Gasteiger partial charge >= 0.3 is 5.76 Å². The topological polar surface area (TPSA) is 70.9 Å². The van der Waals surface area contributed by atoms with Crippen LogP contribution in [0.5, 0.6) is 0 Å². The first-order valence-electron chi connectivity index (χ1n) is 6.31. The maximum absolute atomic E-state index is 11.2. The summed E-state index contributed by atoms with van der Waals surface area (Å²) < 4.78 is 5.28. The second-order valence-corrected chi connectivity index (χ2v) is 6.17. The van der Waals surface area contributed by atoms with E-state index in [0.717, 1.165) is 10.4 Å². The molecule has 0 aliphatic carbocycles. The van der Waals surface area contributed by atoms with Crippen LogP contribution in [0.3, 0.4) is 0 Å². The van der Waals surface area contributed by atoms with Crippen LogP contribution >= 0.6 is 22.9 Å². The molecule has 0 spiro atoms. The van der Waals surface area contributed by atoms with Gasteiger partial charge in [-0.15, -0.1) is 11.3 Å². The first-order chi connectivity index (χ1) is 10.2. The molecular weight excluding hydrogens is 310 g/mol. The smallest absolute Gasteiger partial charge is 0.299 e. The Bertz CT molecular complexity index is 766. The molecule has 5 nitrogen and oxygen atoms in total. The zero-order valence-electron chi connectivity index (χ0n) is 10.9. The fourth-order valence-corrected chi connectivity index (χ4v) is 3.14. The number of H-pyrrole nitrogens is 1. The maximum atomic E-state index is 11.2. The molecule has 2 aromatic heterocycles. The highest BCUT2D eigenvalue weighted by Gasteiger charge is 2.20. The van der Waals surface area contributed by atoms with Crippen LogP contribution in [0.4, 0.5) is 0 Å². The van der Waals surface area contributed by atoms with Crippen LogP contribution < -0.4 is 11.1 Å². The number of benzene rings is 1. The summed E-state index contributed by atoms with van der Waals surface area (Å²) in [6.45, 7) is 0.635. The van der Waals surface area contributed by atoms with Gasteiger partial charge in [-0.1, -0.05) is 47.1 Å². The molecule has 108 valence electrons. The van der Waals surface area contributed by atoms with Crippen molar-refractivity contribution < 1.29 is 4.52 Å². The summed E-state index contributed by atoms with van der Waals surface area (Å²) in [6, 6.07) is 13.4. The lowest BCUT2D eigenvalue weighted by Gasteiger charge is -2.14. The summed E-state index contributed by atoms with van der Waals surface area (Å²) in [5.41, 5.74) is 1.14. The van der Waals surface area contributed by atoms with Crippen LogP contribution in [0.25, 0.3) is 0 Å². The minimum Gasteiger partial charge on any atom is -0.299 e. The molecule has 0 amide bonds. The van der Waals surface area contributed by atoms with E-state index in [1.807, 2.05) is 42.5 Å². The molecule has 7 heteroatoms. The number of hydrogen-bond donors (Lipinski definition) is 2. The molecular formula is C14H12ClN3O2S. The second kappa shape index (κ2) is 6.26. The Morgan fingerprint density at radius 2 is 2.10 bits per heavy atom. The Hall–Kier alpha value is -1.89. The normalized spacial score (nSPS) is 12.4. The Labute approximate surface area is 129 Å². The van der Waals surface area contributed by atoms with Crippen molar-refractivity contribution in [1.82, 2.24) is 15.5 Å². The Balaban J connectivity index is 1.84. The Kier molecular flexibility index (Phi) is 4.19. The standard InChI is InChI=1S/C14H12ClN3O2S/c15-11-7-6-10(21-11)12(13-17-14(19)20-18-13)16-8-9-4-2-1-3-5-9/h1-7,12,16H,8H2,(H,17,18,19). The minimum absolute atomic E-state index is 0.269. The van der Waals surface area contributed by atoms with Crippen molar-refractivity contribution in [2.75, 3.05) is 0 Å². The molecule has 21 heavy (non-hydrogen) atoms. The average molecular weight is 322 g/mol. The molecule has 0 aliphatic rings. The zero-order chi connectivity index (χ0) is 14.7. The van der Waals surface area contributed by atoms with Gasteiger partial charge in [0.05, 0.1) is 4.34 Å². The molecule has 1 aromatic carbocycles. The molecule has 3 aromatic rings. The molecule has 0 aliphatic heterocycles. The molecule has 0 radical (unpaired) electrons. The number of rotatable bonds is 5. The molecule has 0 saturated heterocycles. The minimum atomic E-state index is -0.570. The summed E-state index contributed by atoms with van der Waals surface area (Å²) in [5.74, 6) is -0.131. The lowest BCUT2D eigenvalue weighted by molar-refractivity contribution is 0.376. The van der Waals surface area contributed by atoms with Gasteiger partial charge in [-0.05, 0) is 17.7 Å². The fourth-order valence-electron chi connectivity index (χ4n) is 2.00. The first-order valence-corrected chi connectivity index (χ1v) is 7.50. The Morgan fingerprint density at radius 1 is 1.29 bits per heavy atom. The lowest BCUT2D eigenvalue weighted by Crippen LogP contribution is -2.22. The second-order valence-electron chi connectivity index (χ2n) is 4.42. The molecule has 1 unspecified atom stereocenters. The summed E-state index contributed by atoms with van der Waals surface area (Å²) in [6.07, 6.45) is 0. The summed E-state index contributed by atoms with van der Waals surface area (Å²) in [5, 5.41) is 7.13. The van der Waals surface area contributed by atoms with Crippen molar-refractivity contribution >= 4 is 22.9 Å². The third kappa shape index (κ3) is 3.41. The van der Waals surface area contributed by atoms with Crippen molar-refractivity contribution in [3.05, 3.63) is 73.6 Å². The van der Waals surface area contributed by atoms with Crippen molar-refractivity contribution in [2.24, 2.45) is 0 Å². The Morgan fingerprint density at radius 3 is 2.71 bits per heavy atom. The van der Waals surface area contributed by atoms with Crippen molar-refractivity contribution in [2.45, 2.75) is 12.6 Å². The van der Waals surface area contributed by atoms with Crippen molar-refractivity contribution in [3.63, 3.8) is 0 Å². The molecule has 3 rings (SSSR count). The van der Waals surface area contributed by atoms with Crippen LogP contribution in [0.15, 0.2) is 51.8 Å². The van der Waals surface area contributed by atoms with E-state index < -0.39 is 5.76 Å². The van der Waals surface area contributed by atoms with E-state index in [9.17, 15) is 4.79 Å². The summed E-state index contributed by atoms with van der Waals surface area (Å²) >= 11 is 7.42. The number of nitrogens with one attached hydrogen (secondary N) is 2.